The van der Waals surface area contributed by atoms with Crippen LogP contribution in [0.25, 0.3) is 10.2 Å². The van der Waals surface area contributed by atoms with Gasteiger partial charge in [-0.25, -0.2) is 4.98 Å². The van der Waals surface area contributed by atoms with Crippen molar-refractivity contribution in [2.45, 2.75) is 25.9 Å². The van der Waals surface area contributed by atoms with Crippen molar-refractivity contribution < 1.29 is 4.74 Å². The third-order valence-electron chi connectivity index (χ3n) is 5.78. The second-order valence-corrected chi connectivity index (χ2v) is 9.27. The summed E-state index contributed by atoms with van der Waals surface area (Å²) in [4.78, 5) is 15.2. The predicted octanol–water partition coefficient (Wildman–Crippen LogP) is 3.29. The van der Waals surface area contributed by atoms with Gasteiger partial charge in [0.15, 0.2) is 5.82 Å². The van der Waals surface area contributed by atoms with Crippen LogP contribution in [-0.4, -0.2) is 64.0 Å². The van der Waals surface area contributed by atoms with Crippen LogP contribution >= 0.6 is 22.9 Å². The number of aromatic nitrogens is 4. The van der Waals surface area contributed by atoms with Crippen molar-refractivity contribution in [1.29, 1.82) is 0 Å². The van der Waals surface area contributed by atoms with Gasteiger partial charge in [-0.05, 0) is 55.6 Å². The molecule has 3 aromatic heterocycles. The molecule has 7 nitrogen and oxygen atoms in total. The Balaban J connectivity index is 1.26. The van der Waals surface area contributed by atoms with E-state index in [0.29, 0.717) is 11.2 Å². The topological polar surface area (TPSA) is 59.3 Å². The van der Waals surface area contributed by atoms with Gasteiger partial charge in [0.25, 0.3) is 0 Å². The zero-order valence-electron chi connectivity index (χ0n) is 16.3. The molecule has 3 aromatic rings. The Morgan fingerprint density at radius 1 is 1.14 bits per heavy atom. The Kier molecular flexibility index (Phi) is 5.67. The monoisotopic (exact) mass is 432 g/mol. The van der Waals surface area contributed by atoms with Gasteiger partial charge in [-0.3, -0.25) is 9.58 Å². The van der Waals surface area contributed by atoms with Crippen LogP contribution in [0.5, 0.6) is 0 Å². The van der Waals surface area contributed by atoms with Crippen LogP contribution in [0.2, 0.25) is 5.28 Å². The quantitative estimate of drug-likeness (QED) is 0.576. The van der Waals surface area contributed by atoms with E-state index < -0.39 is 0 Å². The molecule has 0 aromatic carbocycles. The van der Waals surface area contributed by atoms with Crippen molar-refractivity contribution >= 4 is 39.0 Å². The highest BCUT2D eigenvalue weighted by atomic mass is 35.5. The molecule has 2 fully saturated rings. The van der Waals surface area contributed by atoms with E-state index in [4.69, 9.17) is 16.3 Å². The Morgan fingerprint density at radius 3 is 2.72 bits per heavy atom. The second kappa shape index (κ2) is 8.55. The number of anilines is 1. The van der Waals surface area contributed by atoms with Gasteiger partial charge in [0.05, 0.1) is 23.4 Å². The third-order valence-corrected chi connectivity index (χ3v) is 7.05. The summed E-state index contributed by atoms with van der Waals surface area (Å²) in [6, 6.07) is 4.18. The number of ether oxygens (including phenoxy) is 1. The summed E-state index contributed by atoms with van der Waals surface area (Å²) in [6.07, 6.45) is 6.35. The van der Waals surface area contributed by atoms with Gasteiger partial charge >= 0.3 is 0 Å². The molecule has 5 heterocycles. The highest BCUT2D eigenvalue weighted by Crippen LogP contribution is 2.34. The number of likely N-dealkylation sites (tertiary alicyclic amines) is 1. The minimum Gasteiger partial charge on any atom is -0.378 e. The number of hydrogen-bond acceptors (Lipinski definition) is 7. The molecular weight excluding hydrogens is 408 g/mol. The van der Waals surface area contributed by atoms with E-state index in [2.05, 4.69) is 41.8 Å². The fourth-order valence-corrected chi connectivity index (χ4v) is 5.55. The van der Waals surface area contributed by atoms with Crippen molar-refractivity contribution in [3.63, 3.8) is 0 Å². The summed E-state index contributed by atoms with van der Waals surface area (Å²) in [7, 11) is 0. The molecule has 2 aliphatic heterocycles. The van der Waals surface area contributed by atoms with Crippen molar-refractivity contribution in [3.05, 3.63) is 34.7 Å². The van der Waals surface area contributed by atoms with Gasteiger partial charge in [0.1, 0.15) is 0 Å². The number of hydrogen-bond donors (Lipinski definition) is 0. The zero-order valence-corrected chi connectivity index (χ0v) is 17.9. The molecule has 0 aliphatic carbocycles. The van der Waals surface area contributed by atoms with Crippen LogP contribution in [0.3, 0.4) is 0 Å². The smallest absolute Gasteiger partial charge is 0.224 e. The van der Waals surface area contributed by atoms with Crippen molar-refractivity contribution in [2.75, 3.05) is 44.3 Å². The fraction of sp³-hybridized carbons (Fsp3) is 0.550. The normalized spacial score (nSPS) is 19.3. The average Bonchev–Trinajstić information content (AvgIpc) is 3.39. The molecule has 29 heavy (non-hydrogen) atoms. The highest BCUT2D eigenvalue weighted by Gasteiger charge is 2.22. The maximum Gasteiger partial charge on any atom is 0.224 e. The summed E-state index contributed by atoms with van der Waals surface area (Å²) < 4.78 is 8.68. The van der Waals surface area contributed by atoms with Crippen LogP contribution in [0.4, 0.5) is 5.82 Å². The van der Waals surface area contributed by atoms with Gasteiger partial charge in [0.2, 0.25) is 5.28 Å². The molecule has 2 saturated heterocycles. The molecule has 5 rings (SSSR count). The first-order valence-corrected chi connectivity index (χ1v) is 11.4. The number of rotatable bonds is 5. The van der Waals surface area contributed by atoms with Gasteiger partial charge < -0.3 is 9.64 Å². The molecule has 0 saturated carbocycles. The second-order valence-electron chi connectivity index (χ2n) is 7.79. The van der Waals surface area contributed by atoms with Gasteiger partial charge in [-0.2, -0.15) is 10.1 Å². The Morgan fingerprint density at radius 2 is 1.97 bits per heavy atom. The average molecular weight is 433 g/mol. The van der Waals surface area contributed by atoms with E-state index in [1.54, 1.807) is 11.3 Å². The third kappa shape index (κ3) is 4.40. The van der Waals surface area contributed by atoms with Crippen molar-refractivity contribution in [3.8, 4) is 0 Å². The van der Waals surface area contributed by atoms with E-state index in [9.17, 15) is 0 Å². The Hall–Kier alpha value is -1.74. The van der Waals surface area contributed by atoms with Crippen molar-refractivity contribution in [1.82, 2.24) is 24.6 Å². The molecule has 0 amide bonds. The molecule has 2 aliphatic rings. The maximum atomic E-state index is 6.23. The molecule has 0 N–H and O–H groups in total. The standard InChI is InChI=1S/C20H25ClN6OS/c21-20-23-17-12-16(29-18(17)19(24-20)26-8-10-28-11-9-26)14-25-6-2-15(3-7-25)13-27-5-1-4-22-27/h1,4-5,12,15H,2-3,6-11,13-14H2. The van der Waals surface area contributed by atoms with E-state index in [1.807, 2.05) is 12.3 Å². The SMILES string of the molecule is Clc1nc(N2CCOCC2)c2sc(CN3CCC(Cn4cccn4)CC3)cc2n1. The summed E-state index contributed by atoms with van der Waals surface area (Å²) in [5.74, 6) is 1.67. The number of piperidine rings is 1. The number of fused-ring (bicyclic) bond motifs is 1. The first-order valence-electron chi connectivity index (χ1n) is 10.2. The summed E-state index contributed by atoms with van der Waals surface area (Å²) in [5, 5.41) is 4.67. The minimum atomic E-state index is 0.322. The van der Waals surface area contributed by atoms with E-state index in [-0.39, 0.29) is 0 Å². The van der Waals surface area contributed by atoms with Crippen LogP contribution in [-0.2, 0) is 17.8 Å². The number of morpholine rings is 1. The molecule has 0 unspecified atom stereocenters. The lowest BCUT2D eigenvalue weighted by Crippen LogP contribution is -2.36. The lowest BCUT2D eigenvalue weighted by Gasteiger charge is -2.31. The fourth-order valence-electron chi connectivity index (χ4n) is 4.22. The molecule has 0 radical (unpaired) electrons. The van der Waals surface area contributed by atoms with Gasteiger partial charge in [0, 0.05) is 43.4 Å². The molecular formula is C20H25ClN6OS. The van der Waals surface area contributed by atoms with Crippen LogP contribution in [0.1, 0.15) is 17.7 Å². The number of nitrogens with zero attached hydrogens (tertiary/aromatic N) is 6. The minimum absolute atomic E-state index is 0.322. The van der Waals surface area contributed by atoms with Gasteiger partial charge in [-0.1, -0.05) is 0 Å². The Labute approximate surface area is 179 Å². The maximum absolute atomic E-state index is 6.23. The van der Waals surface area contributed by atoms with E-state index in [1.165, 1.54) is 17.7 Å². The zero-order chi connectivity index (χ0) is 19.6. The van der Waals surface area contributed by atoms with E-state index >= 15 is 0 Å². The summed E-state index contributed by atoms with van der Waals surface area (Å²) >= 11 is 8.03. The predicted molar refractivity (Wildman–Crippen MR) is 116 cm³/mol. The first kappa shape index (κ1) is 19.2. The van der Waals surface area contributed by atoms with E-state index in [0.717, 1.165) is 68.5 Å². The van der Waals surface area contributed by atoms with Crippen LogP contribution in [0.15, 0.2) is 24.5 Å². The molecule has 9 heteroatoms. The number of thiophene rings is 1. The largest absolute Gasteiger partial charge is 0.378 e. The van der Waals surface area contributed by atoms with Crippen LogP contribution in [0, 0.1) is 5.92 Å². The summed E-state index contributed by atoms with van der Waals surface area (Å²) in [5.41, 5.74) is 0.958. The highest BCUT2D eigenvalue weighted by molar-refractivity contribution is 7.19. The summed E-state index contributed by atoms with van der Waals surface area (Å²) in [6.45, 7) is 7.41. The molecule has 0 bridgehead atoms. The molecule has 154 valence electrons. The van der Waals surface area contributed by atoms with Crippen LogP contribution < -0.4 is 4.90 Å². The lowest BCUT2D eigenvalue weighted by molar-refractivity contribution is 0.122. The Bertz CT molecular complexity index is 947. The van der Waals surface area contributed by atoms with Gasteiger partial charge in [-0.15, -0.1) is 11.3 Å². The van der Waals surface area contributed by atoms with Crippen molar-refractivity contribution in [2.24, 2.45) is 5.92 Å². The lowest BCUT2D eigenvalue weighted by atomic mass is 9.97. The number of halogens is 1. The first-order chi connectivity index (χ1) is 14.2. The molecule has 0 spiro atoms. The molecule has 0 atom stereocenters.